The lowest BCUT2D eigenvalue weighted by Crippen LogP contribution is -2.40. The van der Waals surface area contributed by atoms with E-state index >= 15 is 0 Å². The second kappa shape index (κ2) is 5.90. The zero-order chi connectivity index (χ0) is 13.9. The summed E-state index contributed by atoms with van der Waals surface area (Å²) in [6.07, 6.45) is 2.69. The lowest BCUT2D eigenvalue weighted by atomic mass is 9.95. The third kappa shape index (κ3) is 4.20. The third-order valence-corrected chi connectivity index (χ3v) is 4.10. The second-order valence-corrected chi connectivity index (χ2v) is 6.72. The molecule has 0 amide bonds. The Bertz CT molecular complexity index is 551. The minimum Gasteiger partial charge on any atom is -0.375 e. The fourth-order valence-corrected chi connectivity index (χ4v) is 2.74. The van der Waals surface area contributed by atoms with Crippen molar-refractivity contribution >= 4 is 28.1 Å². The summed E-state index contributed by atoms with van der Waals surface area (Å²) in [5.41, 5.74) is 6.74. The van der Waals surface area contributed by atoms with Crippen molar-refractivity contribution in [2.24, 2.45) is 0 Å². The first kappa shape index (κ1) is 14.3. The summed E-state index contributed by atoms with van der Waals surface area (Å²) < 4.78 is 0. The number of aromatic nitrogens is 1. The molecule has 1 aromatic heterocycles. The van der Waals surface area contributed by atoms with Crippen LogP contribution >= 0.6 is 22.9 Å². The Morgan fingerprint density at radius 3 is 2.74 bits per heavy atom. The van der Waals surface area contributed by atoms with Crippen molar-refractivity contribution in [2.75, 3.05) is 5.73 Å². The van der Waals surface area contributed by atoms with Crippen molar-refractivity contribution in [1.29, 1.82) is 0 Å². The molecule has 0 radical (unpaired) electrons. The maximum Gasteiger partial charge on any atom is 0.180 e. The maximum atomic E-state index is 6.20. The highest BCUT2D eigenvalue weighted by atomic mass is 35.5. The van der Waals surface area contributed by atoms with E-state index in [4.69, 9.17) is 17.3 Å². The van der Waals surface area contributed by atoms with E-state index in [0.29, 0.717) is 5.13 Å². The van der Waals surface area contributed by atoms with E-state index in [1.165, 1.54) is 11.3 Å². The number of nitrogens with one attached hydrogen (secondary N) is 1. The molecular formula is C14H18ClN3S. The number of anilines is 1. The van der Waals surface area contributed by atoms with Crippen LogP contribution in [-0.4, -0.2) is 10.5 Å². The first-order valence-electron chi connectivity index (χ1n) is 6.15. The number of hydrogen-bond donors (Lipinski definition) is 2. The second-order valence-electron chi connectivity index (χ2n) is 5.17. The van der Waals surface area contributed by atoms with Gasteiger partial charge in [0.25, 0.3) is 0 Å². The smallest absolute Gasteiger partial charge is 0.180 e. The van der Waals surface area contributed by atoms with E-state index in [1.54, 1.807) is 0 Å². The molecule has 19 heavy (non-hydrogen) atoms. The van der Waals surface area contributed by atoms with Crippen LogP contribution in [-0.2, 0) is 13.0 Å². The van der Waals surface area contributed by atoms with Gasteiger partial charge in [-0.05, 0) is 31.9 Å². The number of halogens is 1. The maximum absolute atomic E-state index is 6.20. The largest absolute Gasteiger partial charge is 0.375 e. The fourth-order valence-electron chi connectivity index (χ4n) is 1.91. The molecule has 3 N–H and O–H groups in total. The summed E-state index contributed by atoms with van der Waals surface area (Å²) in [7, 11) is 0. The molecule has 0 aliphatic heterocycles. The van der Waals surface area contributed by atoms with Gasteiger partial charge in [0, 0.05) is 28.2 Å². The van der Waals surface area contributed by atoms with Crippen LogP contribution in [0, 0.1) is 0 Å². The van der Waals surface area contributed by atoms with E-state index in [0.717, 1.165) is 28.4 Å². The number of nitrogen functional groups attached to an aromatic ring is 1. The molecule has 0 atom stereocenters. The highest BCUT2D eigenvalue weighted by Gasteiger charge is 2.19. The van der Waals surface area contributed by atoms with Crippen LogP contribution in [0.15, 0.2) is 30.5 Å². The van der Waals surface area contributed by atoms with Crippen LogP contribution in [0.5, 0.6) is 0 Å². The van der Waals surface area contributed by atoms with Crippen LogP contribution < -0.4 is 11.1 Å². The van der Waals surface area contributed by atoms with Gasteiger partial charge in [0.05, 0.1) is 0 Å². The van der Waals surface area contributed by atoms with Crippen LogP contribution in [0.4, 0.5) is 5.13 Å². The Kier molecular flexibility index (Phi) is 4.45. The molecule has 1 aromatic carbocycles. The summed E-state index contributed by atoms with van der Waals surface area (Å²) in [6, 6.07) is 7.96. The quantitative estimate of drug-likeness (QED) is 0.888. The molecule has 0 saturated carbocycles. The van der Waals surface area contributed by atoms with Gasteiger partial charge in [0.1, 0.15) is 0 Å². The van der Waals surface area contributed by atoms with Gasteiger partial charge < -0.3 is 11.1 Å². The summed E-state index contributed by atoms with van der Waals surface area (Å²) >= 11 is 7.71. The molecule has 2 aromatic rings. The number of hydrogen-bond acceptors (Lipinski definition) is 4. The number of thiazole rings is 1. The molecule has 0 aliphatic carbocycles. The Hall–Kier alpha value is -1.10. The summed E-state index contributed by atoms with van der Waals surface area (Å²) in [4.78, 5) is 5.19. The van der Waals surface area contributed by atoms with E-state index in [9.17, 15) is 0 Å². The average Bonchev–Trinajstić information content (AvgIpc) is 2.76. The third-order valence-electron chi connectivity index (χ3n) is 2.90. The molecule has 102 valence electrons. The predicted octanol–water partition coefficient (Wildman–Crippen LogP) is 3.49. The normalized spacial score (nSPS) is 11.7. The molecule has 0 unspecified atom stereocenters. The Labute approximate surface area is 122 Å². The fraction of sp³-hybridized carbons (Fsp3) is 0.357. The van der Waals surface area contributed by atoms with Gasteiger partial charge in [0.15, 0.2) is 5.13 Å². The minimum absolute atomic E-state index is 0.0380. The van der Waals surface area contributed by atoms with Crippen molar-refractivity contribution < 1.29 is 0 Å². The molecule has 0 aliphatic rings. The van der Waals surface area contributed by atoms with Crippen LogP contribution in [0.1, 0.15) is 24.3 Å². The van der Waals surface area contributed by atoms with E-state index < -0.39 is 0 Å². The summed E-state index contributed by atoms with van der Waals surface area (Å²) in [6.45, 7) is 5.10. The van der Waals surface area contributed by atoms with Gasteiger partial charge >= 0.3 is 0 Å². The molecule has 0 fully saturated rings. The lowest BCUT2D eigenvalue weighted by molar-refractivity contribution is 0.385. The monoisotopic (exact) mass is 295 g/mol. The molecule has 5 heteroatoms. The van der Waals surface area contributed by atoms with E-state index in [-0.39, 0.29) is 5.54 Å². The first-order valence-corrected chi connectivity index (χ1v) is 7.34. The van der Waals surface area contributed by atoms with Crippen molar-refractivity contribution in [2.45, 2.75) is 32.4 Å². The molecule has 0 saturated heterocycles. The first-order chi connectivity index (χ1) is 8.96. The zero-order valence-electron chi connectivity index (χ0n) is 11.1. The van der Waals surface area contributed by atoms with Crippen LogP contribution in [0.3, 0.4) is 0 Å². The zero-order valence-corrected chi connectivity index (χ0v) is 12.7. The van der Waals surface area contributed by atoms with Gasteiger partial charge in [-0.25, -0.2) is 4.98 Å². The highest BCUT2D eigenvalue weighted by molar-refractivity contribution is 7.15. The number of benzene rings is 1. The summed E-state index contributed by atoms with van der Waals surface area (Å²) in [5, 5.41) is 4.95. The number of rotatable bonds is 5. The standard InChI is InChI=1S/C14H18ClN3S/c1-14(2,7-10-5-3-4-6-12(10)15)18-9-11-8-17-13(16)19-11/h3-6,8,18H,7,9H2,1-2H3,(H2,16,17). The lowest BCUT2D eigenvalue weighted by Gasteiger charge is -2.26. The van der Waals surface area contributed by atoms with Gasteiger partial charge in [-0.1, -0.05) is 29.8 Å². The van der Waals surface area contributed by atoms with E-state index in [2.05, 4.69) is 30.2 Å². The molecule has 1 heterocycles. The Morgan fingerprint density at radius 2 is 2.11 bits per heavy atom. The van der Waals surface area contributed by atoms with Gasteiger partial charge in [0.2, 0.25) is 0 Å². The minimum atomic E-state index is -0.0380. The topological polar surface area (TPSA) is 50.9 Å². The molecule has 0 bridgehead atoms. The molecular weight excluding hydrogens is 278 g/mol. The summed E-state index contributed by atoms with van der Waals surface area (Å²) in [5.74, 6) is 0. The van der Waals surface area contributed by atoms with Crippen molar-refractivity contribution in [3.05, 3.63) is 45.9 Å². The van der Waals surface area contributed by atoms with Gasteiger partial charge in [-0.2, -0.15) is 0 Å². The SMILES string of the molecule is CC(C)(Cc1ccccc1Cl)NCc1cnc(N)s1. The van der Waals surface area contributed by atoms with Crippen LogP contribution in [0.25, 0.3) is 0 Å². The van der Waals surface area contributed by atoms with Gasteiger partial charge in [-0.3, -0.25) is 0 Å². The van der Waals surface area contributed by atoms with Crippen molar-refractivity contribution in [3.8, 4) is 0 Å². The number of nitrogens with zero attached hydrogens (tertiary/aromatic N) is 1. The number of nitrogens with two attached hydrogens (primary N) is 1. The van der Waals surface area contributed by atoms with Crippen molar-refractivity contribution in [1.82, 2.24) is 10.3 Å². The Balaban J connectivity index is 1.97. The highest BCUT2D eigenvalue weighted by Crippen LogP contribution is 2.22. The van der Waals surface area contributed by atoms with E-state index in [1.807, 2.05) is 24.4 Å². The molecule has 3 nitrogen and oxygen atoms in total. The van der Waals surface area contributed by atoms with Crippen LogP contribution in [0.2, 0.25) is 5.02 Å². The average molecular weight is 296 g/mol. The molecule has 0 spiro atoms. The van der Waals surface area contributed by atoms with Crippen molar-refractivity contribution in [3.63, 3.8) is 0 Å². The predicted molar refractivity (Wildman–Crippen MR) is 82.6 cm³/mol. The van der Waals surface area contributed by atoms with Gasteiger partial charge in [-0.15, -0.1) is 11.3 Å². The Morgan fingerprint density at radius 1 is 1.37 bits per heavy atom. The molecule has 2 rings (SSSR count).